The second-order valence-corrected chi connectivity index (χ2v) is 8.06. The van der Waals surface area contributed by atoms with E-state index >= 15 is 0 Å². The fourth-order valence-electron chi connectivity index (χ4n) is 4.39. The van der Waals surface area contributed by atoms with Crippen molar-refractivity contribution in [3.8, 4) is 0 Å². The van der Waals surface area contributed by atoms with Gasteiger partial charge in [-0.2, -0.15) is 5.10 Å². The zero-order chi connectivity index (χ0) is 19.4. The van der Waals surface area contributed by atoms with E-state index in [0.29, 0.717) is 25.9 Å². The summed E-state index contributed by atoms with van der Waals surface area (Å²) in [4.78, 5) is 32.9. The Morgan fingerprint density at radius 1 is 1.14 bits per heavy atom. The van der Waals surface area contributed by atoms with E-state index in [1.54, 1.807) is 11.0 Å². The molecule has 7 nitrogen and oxygen atoms in total. The van der Waals surface area contributed by atoms with Gasteiger partial charge in [-0.15, -0.1) is 0 Å². The van der Waals surface area contributed by atoms with Crippen molar-refractivity contribution in [1.82, 2.24) is 24.6 Å². The summed E-state index contributed by atoms with van der Waals surface area (Å²) in [6.45, 7) is 3.73. The van der Waals surface area contributed by atoms with Crippen LogP contribution in [0.4, 0.5) is 0 Å². The zero-order valence-electron chi connectivity index (χ0n) is 16.2. The van der Waals surface area contributed by atoms with E-state index in [0.717, 1.165) is 38.9 Å². The third kappa shape index (κ3) is 4.24. The molecule has 1 aromatic heterocycles. The number of hydrogen-bond donors (Lipinski definition) is 0. The van der Waals surface area contributed by atoms with Crippen LogP contribution in [0.25, 0.3) is 0 Å². The first kappa shape index (κ1) is 18.7. The summed E-state index contributed by atoms with van der Waals surface area (Å²) in [6, 6.07) is 10.2. The molecule has 0 saturated carbocycles. The minimum absolute atomic E-state index is 0.0450. The van der Waals surface area contributed by atoms with Gasteiger partial charge in [-0.05, 0) is 24.8 Å². The quantitative estimate of drug-likeness (QED) is 0.768. The van der Waals surface area contributed by atoms with Crippen LogP contribution in [0.15, 0.2) is 43.0 Å². The van der Waals surface area contributed by atoms with Gasteiger partial charge in [-0.3, -0.25) is 14.3 Å². The van der Waals surface area contributed by atoms with Gasteiger partial charge in [0.1, 0.15) is 12.7 Å². The normalized spacial score (nSPS) is 18.8. The topological polar surface area (TPSA) is 71.3 Å². The Morgan fingerprint density at radius 3 is 2.64 bits per heavy atom. The first-order valence-electron chi connectivity index (χ1n) is 10.1. The van der Waals surface area contributed by atoms with Gasteiger partial charge < -0.3 is 9.80 Å². The number of likely N-dealkylation sites (tertiary alicyclic amines) is 2. The number of carbonyl (C=O) groups excluding carboxylic acids is 2. The van der Waals surface area contributed by atoms with Crippen LogP contribution in [0.3, 0.4) is 0 Å². The van der Waals surface area contributed by atoms with Crippen molar-refractivity contribution in [3.05, 3.63) is 48.5 Å². The number of hydrogen-bond acceptors (Lipinski definition) is 4. The van der Waals surface area contributed by atoms with E-state index in [1.165, 1.54) is 11.9 Å². The number of benzene rings is 1. The number of aryl methyl sites for hydroxylation is 1. The Kier molecular flexibility index (Phi) is 5.41. The van der Waals surface area contributed by atoms with Crippen molar-refractivity contribution < 1.29 is 9.59 Å². The molecule has 0 N–H and O–H groups in total. The lowest BCUT2D eigenvalue weighted by Gasteiger charge is -2.39. The molecule has 0 bridgehead atoms. The summed E-state index contributed by atoms with van der Waals surface area (Å²) in [5.41, 5.74) is 1.22. The van der Waals surface area contributed by atoms with Gasteiger partial charge in [0, 0.05) is 51.0 Å². The first-order valence-corrected chi connectivity index (χ1v) is 10.1. The largest absolute Gasteiger partial charge is 0.343 e. The molecule has 3 heterocycles. The fraction of sp³-hybridized carbons (Fsp3) is 0.524. The molecule has 2 aliphatic rings. The Labute approximate surface area is 165 Å². The molecular formula is C21H27N5O2. The molecule has 1 spiro atoms. The third-order valence-electron chi connectivity index (χ3n) is 6.04. The molecule has 0 radical (unpaired) electrons. The molecule has 2 aliphatic heterocycles. The Balaban J connectivity index is 1.25. The number of aromatic nitrogens is 3. The predicted molar refractivity (Wildman–Crippen MR) is 104 cm³/mol. The summed E-state index contributed by atoms with van der Waals surface area (Å²) < 4.78 is 1.75. The van der Waals surface area contributed by atoms with E-state index in [4.69, 9.17) is 0 Å². The highest BCUT2D eigenvalue weighted by atomic mass is 16.2. The van der Waals surface area contributed by atoms with E-state index in [-0.39, 0.29) is 17.2 Å². The van der Waals surface area contributed by atoms with Crippen molar-refractivity contribution in [2.45, 2.75) is 45.2 Å². The molecule has 1 aromatic carbocycles. The smallest absolute Gasteiger partial charge is 0.223 e. The van der Waals surface area contributed by atoms with Crippen LogP contribution < -0.4 is 0 Å². The number of rotatable bonds is 6. The van der Waals surface area contributed by atoms with Crippen molar-refractivity contribution >= 4 is 11.8 Å². The average molecular weight is 381 g/mol. The Hall–Kier alpha value is -2.70. The molecule has 2 amide bonds. The van der Waals surface area contributed by atoms with Crippen LogP contribution in [-0.2, 0) is 22.7 Å². The molecule has 2 fully saturated rings. The third-order valence-corrected chi connectivity index (χ3v) is 6.04. The number of carbonyl (C=O) groups is 2. The van der Waals surface area contributed by atoms with Gasteiger partial charge in [0.15, 0.2) is 0 Å². The van der Waals surface area contributed by atoms with Gasteiger partial charge in [-0.25, -0.2) is 4.98 Å². The second-order valence-electron chi connectivity index (χ2n) is 8.06. The molecule has 0 atom stereocenters. The summed E-state index contributed by atoms with van der Waals surface area (Å²) in [5.74, 6) is 0.455. The maximum Gasteiger partial charge on any atom is 0.223 e. The molecule has 28 heavy (non-hydrogen) atoms. The molecule has 2 saturated heterocycles. The predicted octanol–water partition coefficient (Wildman–Crippen LogP) is 2.10. The Bertz CT molecular complexity index is 797. The van der Waals surface area contributed by atoms with Crippen LogP contribution in [0, 0.1) is 5.41 Å². The van der Waals surface area contributed by atoms with E-state index < -0.39 is 0 Å². The summed E-state index contributed by atoms with van der Waals surface area (Å²) in [5, 5.41) is 4.06. The second kappa shape index (κ2) is 8.12. The highest BCUT2D eigenvalue weighted by Gasteiger charge is 2.45. The van der Waals surface area contributed by atoms with Gasteiger partial charge in [0.2, 0.25) is 11.8 Å². The zero-order valence-corrected chi connectivity index (χ0v) is 16.2. The maximum absolute atomic E-state index is 12.6. The first-order chi connectivity index (χ1) is 13.6. The highest BCUT2D eigenvalue weighted by Crippen LogP contribution is 2.41. The average Bonchev–Trinajstić information content (AvgIpc) is 3.32. The van der Waals surface area contributed by atoms with Gasteiger partial charge >= 0.3 is 0 Å². The van der Waals surface area contributed by atoms with Gasteiger partial charge in [-0.1, -0.05) is 30.3 Å². The number of piperidine rings is 1. The molecule has 2 aromatic rings. The molecule has 148 valence electrons. The Morgan fingerprint density at radius 2 is 1.93 bits per heavy atom. The van der Waals surface area contributed by atoms with E-state index in [1.807, 2.05) is 28.0 Å². The maximum atomic E-state index is 12.6. The molecular weight excluding hydrogens is 354 g/mol. The van der Waals surface area contributed by atoms with Crippen molar-refractivity contribution in [2.24, 2.45) is 5.41 Å². The molecule has 0 aliphatic carbocycles. The van der Waals surface area contributed by atoms with Crippen LogP contribution in [0.5, 0.6) is 0 Å². The summed E-state index contributed by atoms with van der Waals surface area (Å²) >= 11 is 0. The minimum atomic E-state index is 0.0450. The van der Waals surface area contributed by atoms with E-state index in [9.17, 15) is 9.59 Å². The van der Waals surface area contributed by atoms with Gasteiger partial charge in [0.05, 0.1) is 0 Å². The van der Waals surface area contributed by atoms with Crippen molar-refractivity contribution in [1.29, 1.82) is 0 Å². The standard InChI is InChI=1S/C21H27N5O2/c27-19(7-4-10-26-17-22-16-23-26)24-11-8-21(9-12-24)13-20(28)25(15-21)14-18-5-2-1-3-6-18/h1-3,5-6,16-17H,4,7-15H2. The lowest BCUT2D eigenvalue weighted by molar-refractivity contribution is -0.133. The van der Waals surface area contributed by atoms with Crippen LogP contribution in [-0.4, -0.2) is 56.0 Å². The van der Waals surface area contributed by atoms with Gasteiger partial charge in [0.25, 0.3) is 0 Å². The van der Waals surface area contributed by atoms with Crippen LogP contribution in [0.1, 0.15) is 37.7 Å². The number of nitrogens with zero attached hydrogens (tertiary/aromatic N) is 5. The lowest BCUT2D eigenvalue weighted by Crippen LogP contribution is -2.44. The minimum Gasteiger partial charge on any atom is -0.343 e. The fourth-order valence-corrected chi connectivity index (χ4v) is 4.39. The SMILES string of the molecule is O=C(CCCn1cncn1)N1CCC2(CC1)CC(=O)N(Cc1ccccc1)C2. The number of amides is 2. The lowest BCUT2D eigenvalue weighted by atomic mass is 9.77. The molecule has 7 heteroatoms. The van der Waals surface area contributed by atoms with E-state index in [2.05, 4.69) is 22.2 Å². The van der Waals surface area contributed by atoms with Crippen molar-refractivity contribution in [3.63, 3.8) is 0 Å². The highest BCUT2D eigenvalue weighted by molar-refractivity contribution is 5.80. The summed E-state index contributed by atoms with van der Waals surface area (Å²) in [7, 11) is 0. The van der Waals surface area contributed by atoms with Crippen LogP contribution in [0.2, 0.25) is 0 Å². The van der Waals surface area contributed by atoms with Crippen molar-refractivity contribution in [2.75, 3.05) is 19.6 Å². The monoisotopic (exact) mass is 381 g/mol. The molecule has 0 unspecified atom stereocenters. The molecule has 4 rings (SSSR count). The van der Waals surface area contributed by atoms with Crippen LogP contribution >= 0.6 is 0 Å². The summed E-state index contributed by atoms with van der Waals surface area (Å²) in [6.07, 6.45) is 6.94.